The van der Waals surface area contributed by atoms with E-state index >= 15 is 0 Å². The normalized spacial score (nSPS) is 12.3. The smallest absolute Gasteiger partial charge is 0.0914 e. The van der Waals surface area contributed by atoms with Crippen LogP contribution in [0.3, 0.4) is 0 Å². The molecule has 0 aliphatic carbocycles. The van der Waals surface area contributed by atoms with E-state index in [0.29, 0.717) is 6.54 Å². The molecule has 0 amide bonds. The molecule has 3 heteroatoms. The molecule has 1 unspecified atom stereocenters. The Labute approximate surface area is 102 Å². The summed E-state index contributed by atoms with van der Waals surface area (Å²) < 4.78 is 0. The maximum atomic E-state index is 9.84. The second kappa shape index (κ2) is 8.39. The van der Waals surface area contributed by atoms with Gasteiger partial charge < -0.3 is 10.4 Å². The molecule has 0 aliphatic heterocycles. The lowest BCUT2D eigenvalue weighted by Gasteiger charge is -2.11. The zero-order chi connectivity index (χ0) is 11.6. The monoisotopic (exact) mass is 237 g/mol. The predicted molar refractivity (Wildman–Crippen MR) is 71.8 cm³/mol. The van der Waals surface area contributed by atoms with Crippen molar-refractivity contribution in [3.05, 3.63) is 48.6 Å². The van der Waals surface area contributed by atoms with Crippen LogP contribution in [0.1, 0.15) is 11.7 Å². The molecule has 16 heavy (non-hydrogen) atoms. The lowest BCUT2D eigenvalue weighted by molar-refractivity contribution is 0.176. The molecule has 0 bridgehead atoms. The van der Waals surface area contributed by atoms with Crippen molar-refractivity contribution in [2.24, 2.45) is 0 Å². The number of aliphatic hydroxyl groups excluding tert-OH is 1. The first-order valence-electron chi connectivity index (χ1n) is 5.47. The van der Waals surface area contributed by atoms with Crippen molar-refractivity contribution < 1.29 is 5.11 Å². The third-order valence-electron chi connectivity index (χ3n) is 2.18. The molecule has 2 nitrogen and oxygen atoms in total. The van der Waals surface area contributed by atoms with E-state index in [0.717, 1.165) is 23.6 Å². The Balaban J connectivity index is 2.11. The molecule has 88 valence electrons. The summed E-state index contributed by atoms with van der Waals surface area (Å²) in [6.45, 7) is 5.19. The van der Waals surface area contributed by atoms with E-state index in [1.54, 1.807) is 0 Å². The minimum absolute atomic E-state index is 0.411. The van der Waals surface area contributed by atoms with E-state index in [-0.39, 0.29) is 0 Å². The molecule has 2 N–H and O–H groups in total. The zero-order valence-corrected chi connectivity index (χ0v) is 10.2. The zero-order valence-electron chi connectivity index (χ0n) is 9.43. The Kier molecular flexibility index (Phi) is 6.97. The Morgan fingerprint density at radius 1 is 1.38 bits per heavy atom. The minimum Gasteiger partial charge on any atom is -0.387 e. The van der Waals surface area contributed by atoms with Gasteiger partial charge in [0.1, 0.15) is 0 Å². The van der Waals surface area contributed by atoms with Gasteiger partial charge in [-0.3, -0.25) is 0 Å². The van der Waals surface area contributed by atoms with Gasteiger partial charge in [0.25, 0.3) is 0 Å². The minimum atomic E-state index is -0.411. The average Bonchev–Trinajstić information content (AvgIpc) is 2.34. The van der Waals surface area contributed by atoms with Crippen molar-refractivity contribution in [1.29, 1.82) is 0 Å². The third-order valence-corrected chi connectivity index (χ3v) is 3.15. The first-order chi connectivity index (χ1) is 7.84. The van der Waals surface area contributed by atoms with Gasteiger partial charge in [0.15, 0.2) is 0 Å². The van der Waals surface area contributed by atoms with E-state index in [4.69, 9.17) is 0 Å². The van der Waals surface area contributed by atoms with Crippen LogP contribution in [0.25, 0.3) is 0 Å². The van der Waals surface area contributed by atoms with Crippen LogP contribution in [-0.2, 0) is 0 Å². The second-order valence-corrected chi connectivity index (χ2v) is 4.64. The van der Waals surface area contributed by atoms with E-state index < -0.39 is 6.10 Å². The van der Waals surface area contributed by atoms with Crippen molar-refractivity contribution in [1.82, 2.24) is 5.32 Å². The van der Waals surface area contributed by atoms with Gasteiger partial charge in [0.05, 0.1) is 6.10 Å². The first-order valence-corrected chi connectivity index (χ1v) is 6.62. The quantitative estimate of drug-likeness (QED) is 0.537. The van der Waals surface area contributed by atoms with Crippen LogP contribution >= 0.6 is 11.8 Å². The van der Waals surface area contributed by atoms with Crippen LogP contribution < -0.4 is 5.32 Å². The number of benzene rings is 1. The molecular weight excluding hydrogens is 218 g/mol. The lowest BCUT2D eigenvalue weighted by Crippen LogP contribution is -2.23. The molecule has 1 rings (SSSR count). The maximum Gasteiger partial charge on any atom is 0.0914 e. The Hall–Kier alpha value is -0.770. The van der Waals surface area contributed by atoms with Crippen LogP contribution in [0.5, 0.6) is 0 Å². The second-order valence-electron chi connectivity index (χ2n) is 3.49. The molecule has 0 aliphatic rings. The number of hydrogen-bond donors (Lipinski definition) is 2. The lowest BCUT2D eigenvalue weighted by atomic mass is 10.1. The van der Waals surface area contributed by atoms with Gasteiger partial charge >= 0.3 is 0 Å². The van der Waals surface area contributed by atoms with E-state index in [1.807, 2.05) is 48.2 Å². The predicted octanol–water partition coefficient (Wildman–Crippen LogP) is 2.23. The van der Waals surface area contributed by atoms with Gasteiger partial charge in [-0.15, -0.1) is 6.58 Å². The molecule has 0 saturated heterocycles. The van der Waals surface area contributed by atoms with E-state index in [1.165, 1.54) is 0 Å². The average molecular weight is 237 g/mol. The Morgan fingerprint density at radius 3 is 2.81 bits per heavy atom. The highest BCUT2D eigenvalue weighted by Gasteiger charge is 2.04. The maximum absolute atomic E-state index is 9.84. The van der Waals surface area contributed by atoms with Crippen molar-refractivity contribution in [3.63, 3.8) is 0 Å². The Bertz CT molecular complexity index is 289. The van der Waals surface area contributed by atoms with Crippen LogP contribution in [-0.4, -0.2) is 29.7 Å². The molecule has 0 aromatic heterocycles. The molecule has 0 fully saturated rings. The molecule has 0 spiro atoms. The van der Waals surface area contributed by atoms with Crippen molar-refractivity contribution in [2.75, 3.05) is 24.6 Å². The van der Waals surface area contributed by atoms with Crippen LogP contribution in [0.4, 0.5) is 0 Å². The highest BCUT2D eigenvalue weighted by atomic mass is 32.2. The molecule has 1 atom stereocenters. The van der Waals surface area contributed by atoms with Gasteiger partial charge in [-0.25, -0.2) is 0 Å². The fraction of sp³-hybridized carbons (Fsp3) is 0.385. The summed E-state index contributed by atoms with van der Waals surface area (Å²) in [5, 5.41) is 13.1. The number of aliphatic hydroxyl groups is 1. The molecule has 1 aromatic carbocycles. The van der Waals surface area contributed by atoms with Crippen molar-refractivity contribution >= 4 is 11.8 Å². The van der Waals surface area contributed by atoms with E-state index in [9.17, 15) is 5.11 Å². The molecule has 0 heterocycles. The van der Waals surface area contributed by atoms with Gasteiger partial charge in [0.2, 0.25) is 0 Å². The number of thioether (sulfide) groups is 1. The standard InChI is InChI=1S/C13H19NOS/c1-2-9-16-10-8-14-11-13(15)12-6-4-3-5-7-12/h2-7,13-15H,1,8-11H2. The summed E-state index contributed by atoms with van der Waals surface area (Å²) >= 11 is 1.84. The fourth-order valence-corrected chi connectivity index (χ4v) is 1.96. The summed E-state index contributed by atoms with van der Waals surface area (Å²) in [5.74, 6) is 2.04. The summed E-state index contributed by atoms with van der Waals surface area (Å²) in [6.07, 6.45) is 1.49. The van der Waals surface area contributed by atoms with Crippen molar-refractivity contribution in [3.8, 4) is 0 Å². The SMILES string of the molecule is C=CCSCCNCC(O)c1ccccc1. The first kappa shape index (κ1) is 13.3. The van der Waals surface area contributed by atoms with Gasteiger partial charge in [0, 0.05) is 24.6 Å². The van der Waals surface area contributed by atoms with Crippen LogP contribution in [0.15, 0.2) is 43.0 Å². The fourth-order valence-electron chi connectivity index (χ4n) is 1.34. The summed E-state index contributed by atoms with van der Waals surface area (Å²) in [5.41, 5.74) is 0.966. The topological polar surface area (TPSA) is 32.3 Å². The molecule has 0 radical (unpaired) electrons. The van der Waals surface area contributed by atoms with E-state index in [2.05, 4.69) is 11.9 Å². The number of hydrogen-bond acceptors (Lipinski definition) is 3. The summed E-state index contributed by atoms with van der Waals surface area (Å²) in [6, 6.07) is 9.73. The van der Waals surface area contributed by atoms with Crippen molar-refractivity contribution in [2.45, 2.75) is 6.10 Å². The largest absolute Gasteiger partial charge is 0.387 e. The highest BCUT2D eigenvalue weighted by molar-refractivity contribution is 7.99. The third kappa shape index (κ3) is 5.35. The highest BCUT2D eigenvalue weighted by Crippen LogP contribution is 2.10. The van der Waals surface area contributed by atoms with Gasteiger partial charge in [-0.2, -0.15) is 11.8 Å². The molecule has 0 saturated carbocycles. The van der Waals surface area contributed by atoms with Crippen LogP contribution in [0, 0.1) is 0 Å². The molecular formula is C13H19NOS. The van der Waals surface area contributed by atoms with Gasteiger partial charge in [-0.05, 0) is 5.56 Å². The Morgan fingerprint density at radius 2 is 2.12 bits per heavy atom. The number of rotatable bonds is 8. The van der Waals surface area contributed by atoms with Gasteiger partial charge in [-0.1, -0.05) is 36.4 Å². The summed E-state index contributed by atoms with van der Waals surface area (Å²) in [4.78, 5) is 0. The van der Waals surface area contributed by atoms with Crippen LogP contribution in [0.2, 0.25) is 0 Å². The number of nitrogens with one attached hydrogen (secondary N) is 1. The summed E-state index contributed by atoms with van der Waals surface area (Å²) in [7, 11) is 0. The molecule has 1 aromatic rings.